The van der Waals surface area contributed by atoms with Gasteiger partial charge in [0.2, 0.25) is 0 Å². The fourth-order valence-corrected chi connectivity index (χ4v) is 4.63. The van der Waals surface area contributed by atoms with Crippen LogP contribution in [0, 0.1) is 0 Å². The maximum atomic E-state index is 12.9. The second-order valence-corrected chi connectivity index (χ2v) is 7.97. The number of carbonyl (C=O) groups is 1. The van der Waals surface area contributed by atoms with Crippen molar-refractivity contribution in [1.29, 1.82) is 0 Å². The van der Waals surface area contributed by atoms with Gasteiger partial charge in [-0.3, -0.25) is 9.79 Å². The van der Waals surface area contributed by atoms with Crippen molar-refractivity contribution in [2.75, 3.05) is 18.4 Å². The number of amides is 1. The fraction of sp³-hybridized carbons (Fsp3) is 0.444. The summed E-state index contributed by atoms with van der Waals surface area (Å²) in [4.78, 5) is 20.4. The summed E-state index contributed by atoms with van der Waals surface area (Å²) in [6.07, 6.45) is 5.33. The second kappa shape index (κ2) is 8.47. The van der Waals surface area contributed by atoms with Gasteiger partial charge >= 0.3 is 0 Å². The van der Waals surface area contributed by atoms with Gasteiger partial charge in [-0.25, -0.2) is 0 Å². The minimum Gasteiger partial charge on any atom is -0.323 e. The zero-order valence-electron chi connectivity index (χ0n) is 14.1. The number of thioether (sulfide) groups is 1. The van der Waals surface area contributed by atoms with Gasteiger partial charge in [0.25, 0.3) is 5.91 Å². The van der Waals surface area contributed by atoms with Crippen LogP contribution in [0.25, 0.3) is 0 Å². The van der Waals surface area contributed by atoms with Gasteiger partial charge in [-0.2, -0.15) is 0 Å². The predicted molar refractivity (Wildman–Crippen MR) is 107 cm³/mol. The number of allylic oxidation sites excluding steroid dienone is 1. The van der Waals surface area contributed by atoms with Crippen molar-refractivity contribution in [3.8, 4) is 0 Å². The maximum absolute atomic E-state index is 12.9. The molecule has 0 unspecified atom stereocenters. The number of carbonyl (C=O) groups excluding carboxylic acids is 1. The standard InChI is InChI=1S/C18H21Cl2N3OS/c1-2-3-4-6-15-16(25-18-21-7-5-8-23(15)18)17(24)22-14-10-12(19)9-13(20)11-14/h9-11H,2-8H2,1H3,(H,22,24). The van der Waals surface area contributed by atoms with Gasteiger partial charge in [0, 0.05) is 34.5 Å². The van der Waals surface area contributed by atoms with Crippen molar-refractivity contribution >= 4 is 51.7 Å². The van der Waals surface area contributed by atoms with E-state index in [0.29, 0.717) is 15.7 Å². The number of benzene rings is 1. The molecule has 0 spiro atoms. The van der Waals surface area contributed by atoms with Gasteiger partial charge in [-0.15, -0.1) is 0 Å². The zero-order chi connectivity index (χ0) is 17.8. The third kappa shape index (κ3) is 4.52. The number of anilines is 1. The first-order valence-corrected chi connectivity index (χ1v) is 10.2. The minimum atomic E-state index is -0.119. The quantitative estimate of drug-likeness (QED) is 0.641. The number of rotatable bonds is 6. The van der Waals surface area contributed by atoms with Crippen LogP contribution in [-0.2, 0) is 4.79 Å². The molecule has 1 amide bonds. The molecule has 1 aromatic rings. The molecule has 2 aliphatic rings. The van der Waals surface area contributed by atoms with Crippen LogP contribution in [0.2, 0.25) is 10.0 Å². The van der Waals surface area contributed by atoms with Gasteiger partial charge in [0.05, 0.1) is 4.91 Å². The Bertz CT molecular complexity index is 713. The van der Waals surface area contributed by atoms with Crippen molar-refractivity contribution in [1.82, 2.24) is 4.90 Å². The van der Waals surface area contributed by atoms with E-state index in [1.54, 1.807) is 18.2 Å². The molecule has 0 saturated heterocycles. The molecule has 3 rings (SSSR count). The van der Waals surface area contributed by atoms with E-state index in [-0.39, 0.29) is 5.91 Å². The van der Waals surface area contributed by atoms with Crippen LogP contribution in [0.3, 0.4) is 0 Å². The Morgan fingerprint density at radius 1 is 1.28 bits per heavy atom. The monoisotopic (exact) mass is 397 g/mol. The molecule has 1 N–H and O–H groups in total. The zero-order valence-corrected chi connectivity index (χ0v) is 16.5. The molecule has 25 heavy (non-hydrogen) atoms. The van der Waals surface area contributed by atoms with Crippen molar-refractivity contribution in [3.63, 3.8) is 0 Å². The lowest BCUT2D eigenvalue weighted by Crippen LogP contribution is -2.29. The third-order valence-electron chi connectivity index (χ3n) is 4.14. The Hall–Kier alpha value is -1.17. The normalized spacial score (nSPS) is 16.8. The summed E-state index contributed by atoms with van der Waals surface area (Å²) < 4.78 is 0. The van der Waals surface area contributed by atoms with Gasteiger partial charge in [0.15, 0.2) is 5.17 Å². The first-order valence-electron chi connectivity index (χ1n) is 8.59. The Balaban J connectivity index is 1.82. The lowest BCUT2D eigenvalue weighted by atomic mass is 10.1. The van der Waals surface area contributed by atoms with Crippen LogP contribution in [0.5, 0.6) is 0 Å². The maximum Gasteiger partial charge on any atom is 0.264 e. The van der Waals surface area contributed by atoms with Crippen molar-refractivity contribution < 1.29 is 4.79 Å². The molecule has 4 nitrogen and oxygen atoms in total. The highest BCUT2D eigenvalue weighted by Gasteiger charge is 2.33. The second-order valence-electron chi connectivity index (χ2n) is 6.12. The molecule has 2 aliphatic heterocycles. The first kappa shape index (κ1) is 18.6. The molecule has 0 atom stereocenters. The molecule has 0 radical (unpaired) electrons. The molecular weight excluding hydrogens is 377 g/mol. The molecule has 0 bridgehead atoms. The summed E-state index contributed by atoms with van der Waals surface area (Å²) in [5, 5.41) is 4.88. The van der Waals surface area contributed by atoms with Gasteiger partial charge in [-0.05, 0) is 49.2 Å². The summed E-state index contributed by atoms with van der Waals surface area (Å²) in [5.41, 5.74) is 1.71. The van der Waals surface area contributed by atoms with Gasteiger partial charge in [0.1, 0.15) is 0 Å². The Labute approximate surface area is 162 Å². The summed E-state index contributed by atoms with van der Waals surface area (Å²) in [7, 11) is 0. The van der Waals surface area contributed by atoms with Crippen LogP contribution < -0.4 is 5.32 Å². The number of nitrogens with zero attached hydrogens (tertiary/aromatic N) is 2. The van der Waals surface area contributed by atoms with Gasteiger partial charge < -0.3 is 10.2 Å². The highest BCUT2D eigenvalue weighted by Crippen LogP contribution is 2.39. The molecule has 7 heteroatoms. The largest absolute Gasteiger partial charge is 0.323 e. The molecule has 1 aromatic carbocycles. The highest BCUT2D eigenvalue weighted by molar-refractivity contribution is 8.18. The number of aliphatic imine (C=N–C) groups is 1. The Morgan fingerprint density at radius 3 is 2.76 bits per heavy atom. The topological polar surface area (TPSA) is 44.7 Å². The average Bonchev–Trinajstić information content (AvgIpc) is 2.93. The number of fused-ring (bicyclic) bond motifs is 1. The molecule has 134 valence electrons. The predicted octanol–water partition coefficient (Wildman–Crippen LogP) is 5.53. The third-order valence-corrected chi connectivity index (χ3v) is 5.74. The highest BCUT2D eigenvalue weighted by atomic mass is 35.5. The fourth-order valence-electron chi connectivity index (χ4n) is 2.98. The first-order chi connectivity index (χ1) is 12.1. The van der Waals surface area contributed by atoms with E-state index < -0.39 is 0 Å². The van der Waals surface area contributed by atoms with E-state index >= 15 is 0 Å². The molecule has 0 saturated carbocycles. The number of halogens is 2. The molecule has 0 aromatic heterocycles. The number of nitrogens with one attached hydrogen (secondary N) is 1. The minimum absolute atomic E-state index is 0.119. The van der Waals surface area contributed by atoms with Crippen molar-refractivity contribution in [2.24, 2.45) is 4.99 Å². The molecule has 0 aliphatic carbocycles. The number of unbranched alkanes of at least 4 members (excludes halogenated alkanes) is 2. The van der Waals surface area contributed by atoms with Crippen LogP contribution in [-0.4, -0.2) is 29.1 Å². The lowest BCUT2D eigenvalue weighted by Gasteiger charge is -2.25. The average molecular weight is 398 g/mol. The smallest absolute Gasteiger partial charge is 0.264 e. The number of hydrogen-bond acceptors (Lipinski definition) is 4. The van der Waals surface area contributed by atoms with E-state index in [4.69, 9.17) is 23.2 Å². The lowest BCUT2D eigenvalue weighted by molar-refractivity contribution is -0.112. The van der Waals surface area contributed by atoms with E-state index in [9.17, 15) is 4.79 Å². The summed E-state index contributed by atoms with van der Waals surface area (Å²) in [6, 6.07) is 5.05. The van der Waals surface area contributed by atoms with Crippen LogP contribution in [0.15, 0.2) is 33.8 Å². The Kier molecular flexibility index (Phi) is 6.31. The molecule has 0 fully saturated rings. The van der Waals surface area contributed by atoms with Crippen LogP contribution in [0.4, 0.5) is 5.69 Å². The summed E-state index contributed by atoms with van der Waals surface area (Å²) in [5.74, 6) is -0.119. The van der Waals surface area contributed by atoms with Crippen LogP contribution in [0.1, 0.15) is 39.0 Å². The molecular formula is C18H21Cl2N3OS. The Morgan fingerprint density at radius 2 is 2.04 bits per heavy atom. The van der Waals surface area contributed by atoms with E-state index in [2.05, 4.69) is 22.1 Å². The van der Waals surface area contributed by atoms with Crippen molar-refractivity contribution in [2.45, 2.75) is 39.0 Å². The summed E-state index contributed by atoms with van der Waals surface area (Å²) >= 11 is 13.5. The van der Waals surface area contributed by atoms with E-state index in [1.807, 2.05) is 0 Å². The SMILES string of the molecule is CCCCCC1=C(C(=O)Nc2cc(Cl)cc(Cl)c2)SC2=NCCCN21. The number of amidine groups is 1. The van der Waals surface area contributed by atoms with E-state index in [1.165, 1.54) is 11.8 Å². The van der Waals surface area contributed by atoms with Crippen molar-refractivity contribution in [3.05, 3.63) is 38.8 Å². The summed E-state index contributed by atoms with van der Waals surface area (Å²) in [6.45, 7) is 3.95. The van der Waals surface area contributed by atoms with E-state index in [0.717, 1.165) is 61.0 Å². The molecule has 2 heterocycles. The number of hydrogen-bond donors (Lipinski definition) is 1. The van der Waals surface area contributed by atoms with Gasteiger partial charge in [-0.1, -0.05) is 43.0 Å². The van der Waals surface area contributed by atoms with Crippen LogP contribution >= 0.6 is 35.0 Å².